The Labute approximate surface area is 259 Å². The Bertz CT molecular complexity index is 1770. The smallest absolute Gasteiger partial charge is 0.407 e. The van der Waals surface area contributed by atoms with Crippen molar-refractivity contribution in [2.75, 3.05) is 11.9 Å². The zero-order chi connectivity index (χ0) is 31.6. The van der Waals surface area contributed by atoms with E-state index >= 15 is 0 Å². The lowest BCUT2D eigenvalue weighted by atomic mass is 10.0. The van der Waals surface area contributed by atoms with Crippen LogP contribution in [-0.4, -0.2) is 41.6 Å². The molecule has 4 N–H and O–H groups in total. The van der Waals surface area contributed by atoms with Crippen molar-refractivity contribution < 1.29 is 33.4 Å². The molecule has 0 spiro atoms. The zero-order valence-corrected chi connectivity index (χ0v) is 24.2. The Morgan fingerprint density at radius 3 is 2.29 bits per heavy atom. The van der Waals surface area contributed by atoms with Gasteiger partial charge >= 0.3 is 12.1 Å². The first-order valence-electron chi connectivity index (χ1n) is 14.3. The molecule has 10 heteroatoms. The number of alkyl carbamates (subject to hydrolysis) is 1. The number of aromatic carboxylic acids is 1. The summed E-state index contributed by atoms with van der Waals surface area (Å²) >= 11 is 0. The van der Waals surface area contributed by atoms with Crippen LogP contribution >= 0.6 is 0 Å². The van der Waals surface area contributed by atoms with Gasteiger partial charge in [0.2, 0.25) is 5.91 Å². The minimum atomic E-state index is -1.04. The van der Waals surface area contributed by atoms with E-state index in [0.717, 1.165) is 10.9 Å². The lowest BCUT2D eigenvalue weighted by Gasteiger charge is -2.19. The van der Waals surface area contributed by atoms with Crippen LogP contribution in [0.3, 0.4) is 0 Å². The number of benzene rings is 4. The number of carbonyl (C=O) groups excluding carboxylic acids is 3. The number of nitrogens with one attached hydrogen (secondary N) is 3. The fourth-order valence-corrected chi connectivity index (χ4v) is 4.72. The quantitative estimate of drug-likeness (QED) is 0.123. The van der Waals surface area contributed by atoms with Gasteiger partial charge in [-0.25, -0.2) is 9.59 Å². The molecule has 228 valence electrons. The van der Waals surface area contributed by atoms with Crippen LogP contribution in [0.15, 0.2) is 114 Å². The maximum atomic E-state index is 13.6. The predicted octanol–water partition coefficient (Wildman–Crippen LogP) is 6.24. The van der Waals surface area contributed by atoms with E-state index in [9.17, 15) is 24.3 Å². The lowest BCUT2D eigenvalue weighted by Crippen LogP contribution is -2.44. The Morgan fingerprint density at radius 2 is 1.53 bits per heavy atom. The lowest BCUT2D eigenvalue weighted by molar-refractivity contribution is -0.118. The van der Waals surface area contributed by atoms with Crippen molar-refractivity contribution >= 4 is 40.5 Å². The average molecular weight is 606 g/mol. The van der Waals surface area contributed by atoms with Crippen molar-refractivity contribution in [1.29, 1.82) is 0 Å². The van der Waals surface area contributed by atoms with Gasteiger partial charge in [-0.05, 0) is 54.3 Å². The summed E-state index contributed by atoms with van der Waals surface area (Å²) in [6.07, 6.45) is -0.0299. The highest BCUT2D eigenvalue weighted by atomic mass is 16.5. The van der Waals surface area contributed by atoms with Gasteiger partial charge in [0.1, 0.15) is 18.2 Å². The third-order valence-corrected chi connectivity index (χ3v) is 7.05. The van der Waals surface area contributed by atoms with Crippen molar-refractivity contribution in [1.82, 2.24) is 10.6 Å². The molecule has 0 unspecified atom stereocenters. The van der Waals surface area contributed by atoms with Crippen LogP contribution in [0, 0.1) is 0 Å². The first-order chi connectivity index (χ1) is 21.9. The number of anilines is 1. The molecule has 0 aliphatic heterocycles. The van der Waals surface area contributed by atoms with Crippen LogP contribution < -0.4 is 16.0 Å². The number of carboxylic acids is 1. The molecule has 0 aliphatic carbocycles. The second-order valence-corrected chi connectivity index (χ2v) is 10.2. The molecule has 5 aromatic rings. The molecule has 3 amide bonds. The van der Waals surface area contributed by atoms with Gasteiger partial charge in [-0.2, -0.15) is 0 Å². The summed E-state index contributed by atoms with van der Waals surface area (Å²) in [5.41, 5.74) is 3.41. The highest BCUT2D eigenvalue weighted by Gasteiger charge is 2.24. The van der Waals surface area contributed by atoms with E-state index in [1.54, 1.807) is 54.6 Å². The summed E-state index contributed by atoms with van der Waals surface area (Å²) in [5, 5.41) is 18.4. The molecule has 5 rings (SSSR count). The summed E-state index contributed by atoms with van der Waals surface area (Å²) in [4.78, 5) is 50.3. The third kappa shape index (κ3) is 8.14. The number of carbonyl (C=O) groups is 4. The van der Waals surface area contributed by atoms with Crippen molar-refractivity contribution in [3.8, 4) is 11.1 Å². The van der Waals surface area contributed by atoms with E-state index in [1.807, 2.05) is 42.5 Å². The van der Waals surface area contributed by atoms with Crippen LogP contribution in [0.5, 0.6) is 0 Å². The standard InChI is InChI=1S/C35H31N3O7/c39-32(37-28-13-6-5-12-27(28)24-16-18-25(19-17-24)34(41)42)29(38-33(40)31-21-26-11-4-7-15-30(26)45-31)14-8-20-36-35(43)44-22-23-9-2-1-3-10-23/h1-7,9-13,15-19,21,29H,8,14,20,22H2,(H,36,43)(H,37,39)(H,38,40)(H,41,42)/t29-/m0/s1. The normalized spacial score (nSPS) is 11.4. The summed E-state index contributed by atoms with van der Waals surface area (Å²) < 4.78 is 10.9. The predicted molar refractivity (Wildman–Crippen MR) is 169 cm³/mol. The number of ether oxygens (including phenoxy) is 1. The topological polar surface area (TPSA) is 147 Å². The molecule has 1 atom stereocenters. The van der Waals surface area contributed by atoms with Gasteiger partial charge in [0.25, 0.3) is 5.91 Å². The first kappa shape index (κ1) is 30.6. The van der Waals surface area contributed by atoms with Crippen LogP contribution in [0.4, 0.5) is 10.5 Å². The minimum absolute atomic E-state index is 0.0653. The van der Waals surface area contributed by atoms with Crippen molar-refractivity contribution in [2.24, 2.45) is 0 Å². The third-order valence-electron chi connectivity index (χ3n) is 7.05. The largest absolute Gasteiger partial charge is 0.478 e. The van der Waals surface area contributed by atoms with Gasteiger partial charge in [-0.15, -0.1) is 0 Å². The summed E-state index contributed by atoms with van der Waals surface area (Å²) in [5.74, 6) is -2.00. The number of furan rings is 1. The fourth-order valence-electron chi connectivity index (χ4n) is 4.72. The van der Waals surface area contributed by atoms with Gasteiger partial charge in [0, 0.05) is 23.2 Å². The number of hydrogen-bond acceptors (Lipinski definition) is 6. The highest BCUT2D eigenvalue weighted by molar-refractivity contribution is 6.03. The molecule has 0 bridgehead atoms. The molecular formula is C35H31N3O7. The minimum Gasteiger partial charge on any atom is -0.478 e. The molecule has 4 aromatic carbocycles. The summed E-state index contributed by atoms with van der Waals surface area (Å²) in [6, 6.07) is 30.5. The molecular weight excluding hydrogens is 574 g/mol. The number of rotatable bonds is 12. The molecule has 1 aromatic heterocycles. The van der Waals surface area contributed by atoms with Crippen LogP contribution in [0.1, 0.15) is 39.3 Å². The van der Waals surface area contributed by atoms with Crippen LogP contribution in [0.2, 0.25) is 0 Å². The van der Waals surface area contributed by atoms with Gasteiger partial charge in [-0.1, -0.05) is 78.9 Å². The Balaban J connectivity index is 1.26. The second-order valence-electron chi connectivity index (χ2n) is 10.2. The maximum Gasteiger partial charge on any atom is 0.407 e. The highest BCUT2D eigenvalue weighted by Crippen LogP contribution is 2.28. The van der Waals surface area contributed by atoms with Crippen molar-refractivity contribution in [2.45, 2.75) is 25.5 Å². The Hall–Kier alpha value is -5.90. The molecule has 0 aliphatic rings. The number of para-hydroxylation sites is 2. The van der Waals surface area contributed by atoms with E-state index in [1.165, 1.54) is 12.1 Å². The number of hydrogen-bond donors (Lipinski definition) is 4. The summed E-state index contributed by atoms with van der Waals surface area (Å²) in [6.45, 7) is 0.341. The average Bonchev–Trinajstić information content (AvgIpc) is 3.51. The zero-order valence-electron chi connectivity index (χ0n) is 24.2. The second kappa shape index (κ2) is 14.5. The first-order valence-corrected chi connectivity index (χ1v) is 14.3. The number of amides is 3. The molecule has 0 fully saturated rings. The Kier molecular flexibility index (Phi) is 9.86. The van der Waals surface area contributed by atoms with E-state index in [4.69, 9.17) is 9.15 Å². The molecule has 45 heavy (non-hydrogen) atoms. The van der Waals surface area contributed by atoms with E-state index in [2.05, 4.69) is 16.0 Å². The fraction of sp³-hybridized carbons (Fsp3) is 0.143. The number of fused-ring (bicyclic) bond motifs is 1. The molecule has 0 saturated carbocycles. The van der Waals surface area contributed by atoms with Gasteiger partial charge < -0.3 is 30.2 Å². The number of carboxylic acid groups (broad SMARTS) is 1. The van der Waals surface area contributed by atoms with E-state index in [-0.39, 0.29) is 30.9 Å². The molecule has 1 heterocycles. The van der Waals surface area contributed by atoms with Crippen molar-refractivity contribution in [3.63, 3.8) is 0 Å². The Morgan fingerprint density at radius 1 is 0.822 bits per heavy atom. The monoisotopic (exact) mass is 605 g/mol. The molecule has 0 saturated heterocycles. The maximum absolute atomic E-state index is 13.6. The SMILES string of the molecule is O=C(NCCC[C@H](NC(=O)c1cc2ccccc2o1)C(=O)Nc1ccccc1-c1ccc(C(=O)O)cc1)OCc1ccccc1. The van der Waals surface area contributed by atoms with Gasteiger partial charge in [-0.3, -0.25) is 9.59 Å². The van der Waals surface area contributed by atoms with Crippen molar-refractivity contribution in [3.05, 3.63) is 126 Å². The molecule has 10 nitrogen and oxygen atoms in total. The van der Waals surface area contributed by atoms with E-state index in [0.29, 0.717) is 28.8 Å². The summed E-state index contributed by atoms with van der Waals surface area (Å²) in [7, 11) is 0. The van der Waals surface area contributed by atoms with Crippen LogP contribution in [-0.2, 0) is 16.1 Å². The van der Waals surface area contributed by atoms with Gasteiger partial charge in [0.05, 0.1) is 5.56 Å². The van der Waals surface area contributed by atoms with Crippen LogP contribution in [0.25, 0.3) is 22.1 Å². The van der Waals surface area contributed by atoms with Gasteiger partial charge in [0.15, 0.2) is 5.76 Å². The molecule has 0 radical (unpaired) electrons. The van der Waals surface area contributed by atoms with E-state index < -0.39 is 29.9 Å².